The van der Waals surface area contributed by atoms with E-state index in [9.17, 15) is 18.8 Å². The molecule has 0 radical (unpaired) electrons. The molecular weight excluding hydrogens is 365 g/mol. The Labute approximate surface area is 160 Å². The third-order valence-electron chi connectivity index (χ3n) is 5.54. The monoisotopic (exact) mass is 387 g/mol. The lowest BCUT2D eigenvalue weighted by Crippen LogP contribution is -2.55. The first-order valence-corrected chi connectivity index (χ1v) is 9.48. The quantitative estimate of drug-likeness (QED) is 0.671. The van der Waals surface area contributed by atoms with Gasteiger partial charge in [-0.05, 0) is 49.8 Å². The summed E-state index contributed by atoms with van der Waals surface area (Å²) >= 11 is 0. The predicted octanol–water partition coefficient (Wildman–Crippen LogP) is 1.72. The fourth-order valence-electron chi connectivity index (χ4n) is 3.84. The van der Waals surface area contributed by atoms with Gasteiger partial charge in [-0.2, -0.15) is 0 Å². The van der Waals surface area contributed by atoms with Gasteiger partial charge in [-0.15, -0.1) is 0 Å². The van der Waals surface area contributed by atoms with Crippen LogP contribution < -0.4 is 10.9 Å². The lowest BCUT2D eigenvalue weighted by atomic mass is 9.85. The van der Waals surface area contributed by atoms with Gasteiger partial charge >= 0.3 is 5.97 Å². The van der Waals surface area contributed by atoms with Gasteiger partial charge < -0.3 is 15.4 Å². The number of carboxylic acid groups (broad SMARTS) is 1. The van der Waals surface area contributed by atoms with E-state index in [0.29, 0.717) is 24.1 Å². The summed E-state index contributed by atoms with van der Waals surface area (Å²) in [5, 5.41) is 12.5. The van der Waals surface area contributed by atoms with E-state index in [4.69, 9.17) is 5.11 Å². The van der Waals surface area contributed by atoms with Gasteiger partial charge in [0.25, 0.3) is 5.91 Å². The van der Waals surface area contributed by atoms with Crippen molar-refractivity contribution in [2.75, 3.05) is 13.1 Å². The van der Waals surface area contributed by atoms with Crippen molar-refractivity contribution in [2.45, 2.75) is 37.8 Å². The normalized spacial score (nSPS) is 21.5. The molecule has 0 aliphatic heterocycles. The first kappa shape index (κ1) is 18.6. The molecule has 2 aliphatic carbocycles. The Bertz CT molecular complexity index is 979. The van der Waals surface area contributed by atoms with Crippen molar-refractivity contribution < 1.29 is 19.1 Å². The van der Waals surface area contributed by atoms with Crippen molar-refractivity contribution >= 4 is 22.8 Å². The largest absolute Gasteiger partial charge is 0.480 e. The number of aromatic nitrogens is 1. The van der Waals surface area contributed by atoms with Gasteiger partial charge in [-0.1, -0.05) is 0 Å². The number of halogens is 1. The summed E-state index contributed by atoms with van der Waals surface area (Å²) in [5.74, 6) is -1.11. The number of hydrogen-bond acceptors (Lipinski definition) is 4. The summed E-state index contributed by atoms with van der Waals surface area (Å²) in [7, 11) is 0. The van der Waals surface area contributed by atoms with Crippen molar-refractivity contribution in [1.82, 2.24) is 15.2 Å². The van der Waals surface area contributed by atoms with Crippen LogP contribution >= 0.6 is 0 Å². The molecule has 0 saturated heterocycles. The third kappa shape index (κ3) is 4.06. The highest BCUT2D eigenvalue weighted by Crippen LogP contribution is 2.34. The van der Waals surface area contributed by atoms with E-state index in [-0.39, 0.29) is 35.6 Å². The van der Waals surface area contributed by atoms with Crippen molar-refractivity contribution in [3.05, 3.63) is 46.0 Å². The van der Waals surface area contributed by atoms with Crippen LogP contribution in [-0.2, 0) is 4.79 Å². The smallest absolute Gasteiger partial charge is 0.317 e. The highest BCUT2D eigenvalue weighted by molar-refractivity contribution is 6.06. The number of amides is 1. The predicted molar refractivity (Wildman–Crippen MR) is 101 cm³/mol. The molecule has 4 rings (SSSR count). The van der Waals surface area contributed by atoms with Gasteiger partial charge in [0.1, 0.15) is 5.82 Å². The lowest BCUT2D eigenvalue weighted by Gasteiger charge is -2.42. The van der Waals surface area contributed by atoms with Crippen LogP contribution in [0.15, 0.2) is 29.1 Å². The van der Waals surface area contributed by atoms with E-state index in [1.165, 1.54) is 24.3 Å². The van der Waals surface area contributed by atoms with E-state index in [1.807, 2.05) is 4.90 Å². The molecule has 148 valence electrons. The number of aromatic amines is 1. The van der Waals surface area contributed by atoms with Crippen molar-refractivity contribution in [1.29, 1.82) is 0 Å². The van der Waals surface area contributed by atoms with Crippen LogP contribution in [0.4, 0.5) is 4.39 Å². The Morgan fingerprint density at radius 3 is 2.68 bits per heavy atom. The zero-order valence-corrected chi connectivity index (χ0v) is 15.3. The topological polar surface area (TPSA) is 102 Å². The van der Waals surface area contributed by atoms with E-state index < -0.39 is 17.3 Å². The van der Waals surface area contributed by atoms with E-state index >= 15 is 0 Å². The molecule has 2 aliphatic rings. The minimum absolute atomic E-state index is 0.0199. The van der Waals surface area contributed by atoms with Gasteiger partial charge in [0.05, 0.1) is 17.6 Å². The molecule has 0 unspecified atom stereocenters. The standard InChI is InChI=1S/C20H22FN3O4/c21-12-3-4-15-16(8-18(25)23-17(15)5-12)20(28)22-13-6-14(7-13)24(10-19(26)27)9-11-1-2-11/h3-5,8,11,13-14H,1-2,6-7,9-10H2,(H,22,28)(H,23,25)(H,26,27). The molecule has 8 heteroatoms. The maximum atomic E-state index is 13.4. The van der Waals surface area contributed by atoms with Crippen molar-refractivity contribution in [3.8, 4) is 0 Å². The molecule has 0 spiro atoms. The molecule has 1 amide bonds. The molecule has 28 heavy (non-hydrogen) atoms. The maximum Gasteiger partial charge on any atom is 0.317 e. The van der Waals surface area contributed by atoms with Crippen LogP contribution in [0, 0.1) is 11.7 Å². The number of hydrogen-bond donors (Lipinski definition) is 3. The number of benzene rings is 1. The molecule has 1 heterocycles. The number of fused-ring (bicyclic) bond motifs is 1. The molecule has 0 atom stereocenters. The Morgan fingerprint density at radius 2 is 2.00 bits per heavy atom. The molecule has 3 N–H and O–H groups in total. The number of carbonyl (C=O) groups excluding carboxylic acids is 1. The summed E-state index contributed by atoms with van der Waals surface area (Å²) < 4.78 is 13.4. The fraction of sp³-hybridized carbons (Fsp3) is 0.450. The zero-order chi connectivity index (χ0) is 19.8. The van der Waals surface area contributed by atoms with Gasteiger partial charge in [0.2, 0.25) is 5.56 Å². The van der Waals surface area contributed by atoms with Gasteiger partial charge in [0, 0.05) is 30.1 Å². The zero-order valence-electron chi connectivity index (χ0n) is 15.3. The molecule has 2 fully saturated rings. The second-order valence-corrected chi connectivity index (χ2v) is 7.80. The molecule has 2 saturated carbocycles. The summed E-state index contributed by atoms with van der Waals surface area (Å²) in [5.41, 5.74) is 0.0237. The summed E-state index contributed by atoms with van der Waals surface area (Å²) in [4.78, 5) is 40.1. The van der Waals surface area contributed by atoms with Crippen LogP contribution in [-0.4, -0.2) is 52.0 Å². The minimum Gasteiger partial charge on any atom is -0.480 e. The van der Waals surface area contributed by atoms with Crippen molar-refractivity contribution in [2.24, 2.45) is 5.92 Å². The molecule has 7 nitrogen and oxygen atoms in total. The van der Waals surface area contributed by atoms with Gasteiger partial charge in [-0.3, -0.25) is 19.3 Å². The number of carbonyl (C=O) groups is 2. The minimum atomic E-state index is -0.838. The first-order valence-electron chi connectivity index (χ1n) is 9.48. The SMILES string of the molecule is O=C(O)CN(CC1CC1)C1CC(NC(=O)c2cc(=O)[nH]c3cc(F)ccc23)C1. The first-order chi connectivity index (χ1) is 13.4. The van der Waals surface area contributed by atoms with E-state index in [1.54, 1.807) is 0 Å². The maximum absolute atomic E-state index is 13.4. The highest BCUT2D eigenvalue weighted by Gasteiger charge is 2.37. The van der Waals surface area contributed by atoms with E-state index in [0.717, 1.165) is 19.4 Å². The number of nitrogens with zero attached hydrogens (tertiary/aromatic N) is 1. The molecule has 1 aromatic carbocycles. The summed E-state index contributed by atoms with van der Waals surface area (Å²) in [6.07, 6.45) is 3.67. The highest BCUT2D eigenvalue weighted by atomic mass is 19.1. The Kier molecular flexibility index (Phi) is 4.89. The Balaban J connectivity index is 1.42. The van der Waals surface area contributed by atoms with Crippen LogP contribution in [0.25, 0.3) is 10.9 Å². The number of aliphatic carboxylic acids is 1. The summed E-state index contributed by atoms with van der Waals surface area (Å²) in [6, 6.07) is 5.21. The van der Waals surface area contributed by atoms with Crippen LogP contribution in [0.1, 0.15) is 36.0 Å². The Hall–Kier alpha value is -2.74. The number of pyridine rings is 1. The van der Waals surface area contributed by atoms with Gasteiger partial charge in [0.15, 0.2) is 0 Å². The molecule has 2 aromatic rings. The van der Waals surface area contributed by atoms with Crippen LogP contribution in [0.5, 0.6) is 0 Å². The number of rotatable bonds is 7. The second kappa shape index (κ2) is 7.35. The average molecular weight is 387 g/mol. The number of H-pyrrole nitrogens is 1. The third-order valence-corrected chi connectivity index (χ3v) is 5.54. The van der Waals surface area contributed by atoms with Crippen molar-refractivity contribution in [3.63, 3.8) is 0 Å². The number of nitrogens with one attached hydrogen (secondary N) is 2. The summed E-state index contributed by atoms with van der Waals surface area (Å²) in [6.45, 7) is 0.813. The molecule has 1 aromatic heterocycles. The van der Waals surface area contributed by atoms with Crippen LogP contribution in [0.3, 0.4) is 0 Å². The average Bonchev–Trinajstić information content (AvgIpc) is 3.39. The second-order valence-electron chi connectivity index (χ2n) is 7.80. The number of carboxylic acids is 1. The van der Waals surface area contributed by atoms with E-state index in [2.05, 4.69) is 10.3 Å². The fourth-order valence-corrected chi connectivity index (χ4v) is 3.84. The Morgan fingerprint density at radius 1 is 1.25 bits per heavy atom. The molecule has 0 bridgehead atoms. The lowest BCUT2D eigenvalue weighted by molar-refractivity contribution is -0.139. The van der Waals surface area contributed by atoms with Gasteiger partial charge in [-0.25, -0.2) is 4.39 Å². The van der Waals surface area contributed by atoms with Crippen LogP contribution in [0.2, 0.25) is 0 Å². The molecular formula is C20H22FN3O4.